The van der Waals surface area contributed by atoms with Gasteiger partial charge in [-0.2, -0.15) is 0 Å². The topological polar surface area (TPSA) is 66.8 Å². The molecule has 0 amide bonds. The van der Waals surface area contributed by atoms with E-state index in [9.17, 15) is 15.0 Å². The lowest BCUT2D eigenvalue weighted by Gasteiger charge is -2.13. The van der Waals surface area contributed by atoms with Crippen molar-refractivity contribution >= 4 is 5.97 Å². The van der Waals surface area contributed by atoms with Crippen molar-refractivity contribution in [1.29, 1.82) is 0 Å². The number of carbonyl (C=O) groups is 1. The SMILES string of the molecule is CC(O)CCCCCCCCCCCCCCC(OCc1ccccc1)C(=O)O. The van der Waals surface area contributed by atoms with Crippen molar-refractivity contribution < 1.29 is 19.7 Å². The Bertz CT molecular complexity index is 501. The lowest BCUT2D eigenvalue weighted by Crippen LogP contribution is -2.23. The van der Waals surface area contributed by atoms with Crippen LogP contribution in [0.4, 0.5) is 0 Å². The van der Waals surface area contributed by atoms with Gasteiger partial charge in [-0.1, -0.05) is 107 Å². The summed E-state index contributed by atoms with van der Waals surface area (Å²) in [7, 11) is 0. The molecule has 0 aliphatic heterocycles. The molecule has 2 unspecified atom stereocenters. The molecular formula is C25H42O4. The van der Waals surface area contributed by atoms with Gasteiger partial charge in [-0.25, -0.2) is 4.79 Å². The second-order valence-corrected chi connectivity index (χ2v) is 8.29. The molecule has 0 radical (unpaired) electrons. The number of aliphatic carboxylic acids is 1. The fourth-order valence-corrected chi connectivity index (χ4v) is 3.59. The molecule has 0 aliphatic carbocycles. The molecule has 0 aliphatic rings. The Hall–Kier alpha value is -1.39. The first kappa shape index (κ1) is 25.6. The number of aliphatic hydroxyl groups excluding tert-OH is 1. The zero-order chi connectivity index (χ0) is 21.2. The van der Waals surface area contributed by atoms with Crippen molar-refractivity contribution in [1.82, 2.24) is 0 Å². The standard InChI is InChI=1S/C25H42O4/c1-22(26)17-13-10-8-6-4-2-3-5-7-9-11-16-20-24(25(27)28)29-21-23-18-14-12-15-19-23/h12,14-15,18-19,22,24,26H,2-11,13,16-17,20-21H2,1H3,(H,27,28). The van der Waals surface area contributed by atoms with Gasteiger partial charge in [0.15, 0.2) is 6.10 Å². The quantitative estimate of drug-likeness (QED) is 0.257. The van der Waals surface area contributed by atoms with Gasteiger partial charge in [0.25, 0.3) is 0 Å². The van der Waals surface area contributed by atoms with Crippen LogP contribution in [0, 0.1) is 0 Å². The van der Waals surface area contributed by atoms with Gasteiger partial charge < -0.3 is 14.9 Å². The van der Waals surface area contributed by atoms with Crippen molar-refractivity contribution in [2.24, 2.45) is 0 Å². The van der Waals surface area contributed by atoms with Gasteiger partial charge in [-0.05, 0) is 25.3 Å². The van der Waals surface area contributed by atoms with E-state index in [1.165, 1.54) is 57.8 Å². The Morgan fingerprint density at radius 1 is 0.793 bits per heavy atom. The summed E-state index contributed by atoms with van der Waals surface area (Å²) in [4.78, 5) is 11.4. The minimum atomic E-state index is -0.855. The molecule has 4 heteroatoms. The van der Waals surface area contributed by atoms with Gasteiger partial charge in [-0.15, -0.1) is 0 Å². The molecular weight excluding hydrogens is 364 g/mol. The Morgan fingerprint density at radius 2 is 1.24 bits per heavy atom. The third kappa shape index (κ3) is 15.2. The zero-order valence-corrected chi connectivity index (χ0v) is 18.4. The molecule has 0 spiro atoms. The summed E-state index contributed by atoms with van der Waals surface area (Å²) in [5.74, 6) is -0.855. The monoisotopic (exact) mass is 406 g/mol. The average molecular weight is 407 g/mol. The number of ether oxygens (including phenoxy) is 1. The maximum absolute atomic E-state index is 11.4. The summed E-state index contributed by atoms with van der Waals surface area (Å²) in [6.07, 6.45) is 15.4. The Morgan fingerprint density at radius 3 is 1.69 bits per heavy atom. The molecule has 0 bridgehead atoms. The summed E-state index contributed by atoms with van der Waals surface area (Å²) < 4.78 is 5.60. The van der Waals surface area contributed by atoms with Crippen molar-refractivity contribution in [3.63, 3.8) is 0 Å². The maximum Gasteiger partial charge on any atom is 0.332 e. The summed E-state index contributed by atoms with van der Waals surface area (Å²) in [5.41, 5.74) is 1.01. The fourth-order valence-electron chi connectivity index (χ4n) is 3.59. The average Bonchev–Trinajstić information content (AvgIpc) is 2.70. The molecule has 4 nitrogen and oxygen atoms in total. The molecule has 0 aromatic heterocycles. The molecule has 0 fully saturated rings. The predicted molar refractivity (Wildman–Crippen MR) is 119 cm³/mol. The predicted octanol–water partition coefficient (Wildman–Crippen LogP) is 6.50. The normalized spacial score (nSPS) is 13.3. The minimum Gasteiger partial charge on any atom is -0.479 e. The number of hydrogen-bond acceptors (Lipinski definition) is 3. The van der Waals surface area contributed by atoms with Gasteiger partial charge in [0.05, 0.1) is 12.7 Å². The molecule has 166 valence electrons. The zero-order valence-electron chi connectivity index (χ0n) is 18.4. The number of rotatable bonds is 19. The van der Waals surface area contributed by atoms with Crippen LogP contribution < -0.4 is 0 Å². The van der Waals surface area contributed by atoms with Crippen molar-refractivity contribution in [2.45, 2.75) is 116 Å². The highest BCUT2D eigenvalue weighted by atomic mass is 16.5. The number of hydrogen-bond donors (Lipinski definition) is 2. The Labute approximate surface area is 177 Å². The van der Waals surface area contributed by atoms with E-state index in [4.69, 9.17) is 4.74 Å². The van der Waals surface area contributed by atoms with Gasteiger partial charge in [0.2, 0.25) is 0 Å². The highest BCUT2D eigenvalue weighted by Gasteiger charge is 2.17. The molecule has 2 N–H and O–H groups in total. The number of aliphatic hydroxyl groups is 1. The first-order chi connectivity index (χ1) is 14.1. The van der Waals surface area contributed by atoms with Crippen LogP contribution >= 0.6 is 0 Å². The third-order valence-corrected chi connectivity index (χ3v) is 5.41. The number of benzene rings is 1. The van der Waals surface area contributed by atoms with Gasteiger partial charge >= 0.3 is 5.97 Å². The second kappa shape index (κ2) is 17.5. The summed E-state index contributed by atoms with van der Waals surface area (Å²) in [6.45, 7) is 2.22. The number of unbranched alkanes of at least 4 members (excludes halogenated alkanes) is 11. The first-order valence-electron chi connectivity index (χ1n) is 11.7. The van der Waals surface area contributed by atoms with Crippen molar-refractivity contribution in [2.75, 3.05) is 0 Å². The van der Waals surface area contributed by atoms with Gasteiger partial charge in [-0.3, -0.25) is 0 Å². The molecule has 2 atom stereocenters. The summed E-state index contributed by atoms with van der Waals surface area (Å²) >= 11 is 0. The van der Waals surface area contributed by atoms with Crippen LogP contribution in [-0.4, -0.2) is 28.4 Å². The molecule has 1 aromatic rings. The van der Waals surface area contributed by atoms with Crippen LogP contribution in [-0.2, 0) is 16.1 Å². The van der Waals surface area contributed by atoms with E-state index in [2.05, 4.69) is 0 Å². The molecule has 0 saturated heterocycles. The Kier molecular flexibility index (Phi) is 15.4. The summed E-state index contributed by atoms with van der Waals surface area (Å²) in [6, 6.07) is 9.73. The van der Waals surface area contributed by atoms with Crippen LogP contribution in [0.15, 0.2) is 30.3 Å². The van der Waals surface area contributed by atoms with Crippen molar-refractivity contribution in [3.8, 4) is 0 Å². The molecule has 29 heavy (non-hydrogen) atoms. The lowest BCUT2D eigenvalue weighted by molar-refractivity contribution is -0.151. The maximum atomic E-state index is 11.4. The van der Waals surface area contributed by atoms with E-state index in [1.54, 1.807) is 0 Å². The fraction of sp³-hybridized carbons (Fsp3) is 0.720. The van der Waals surface area contributed by atoms with E-state index in [0.29, 0.717) is 13.0 Å². The molecule has 1 aromatic carbocycles. The van der Waals surface area contributed by atoms with E-state index in [-0.39, 0.29) is 6.10 Å². The third-order valence-electron chi connectivity index (χ3n) is 5.41. The lowest BCUT2D eigenvalue weighted by atomic mass is 10.0. The Balaban J connectivity index is 1.91. The largest absolute Gasteiger partial charge is 0.479 e. The highest BCUT2D eigenvalue weighted by molar-refractivity contribution is 5.72. The minimum absolute atomic E-state index is 0.146. The van der Waals surface area contributed by atoms with Crippen LogP contribution in [0.3, 0.4) is 0 Å². The van der Waals surface area contributed by atoms with Gasteiger partial charge in [0.1, 0.15) is 0 Å². The first-order valence-corrected chi connectivity index (χ1v) is 11.7. The van der Waals surface area contributed by atoms with Crippen LogP contribution in [0.5, 0.6) is 0 Å². The van der Waals surface area contributed by atoms with Crippen LogP contribution in [0.1, 0.15) is 102 Å². The number of carboxylic acids is 1. The smallest absolute Gasteiger partial charge is 0.332 e. The van der Waals surface area contributed by atoms with E-state index < -0.39 is 12.1 Å². The second-order valence-electron chi connectivity index (χ2n) is 8.29. The molecule has 1 rings (SSSR count). The van der Waals surface area contributed by atoms with Crippen LogP contribution in [0.25, 0.3) is 0 Å². The van der Waals surface area contributed by atoms with E-state index in [1.807, 2.05) is 37.3 Å². The molecule has 0 saturated carbocycles. The van der Waals surface area contributed by atoms with Gasteiger partial charge in [0, 0.05) is 0 Å². The highest BCUT2D eigenvalue weighted by Crippen LogP contribution is 2.15. The van der Waals surface area contributed by atoms with E-state index >= 15 is 0 Å². The number of carboxylic acid groups (broad SMARTS) is 1. The van der Waals surface area contributed by atoms with Crippen LogP contribution in [0.2, 0.25) is 0 Å². The van der Waals surface area contributed by atoms with E-state index in [0.717, 1.165) is 31.2 Å². The molecule has 0 heterocycles. The summed E-state index contributed by atoms with van der Waals surface area (Å²) in [5, 5.41) is 18.5. The van der Waals surface area contributed by atoms with Crippen molar-refractivity contribution in [3.05, 3.63) is 35.9 Å².